The zero-order valence-corrected chi connectivity index (χ0v) is 11.2. The average Bonchev–Trinajstić information content (AvgIpc) is 2.94. The first-order valence-corrected chi connectivity index (χ1v) is 6.49. The maximum absolute atomic E-state index is 12.5. The molecule has 2 aromatic rings. The number of hydrogen-bond acceptors (Lipinski definition) is 3. The highest BCUT2D eigenvalue weighted by molar-refractivity contribution is 5.99. The Kier molecular flexibility index (Phi) is 4.47. The molecule has 0 saturated carbocycles. The van der Waals surface area contributed by atoms with Crippen molar-refractivity contribution in [1.29, 1.82) is 0 Å². The van der Waals surface area contributed by atoms with Crippen molar-refractivity contribution in [3.8, 4) is 0 Å². The first-order valence-electron chi connectivity index (χ1n) is 6.49. The summed E-state index contributed by atoms with van der Waals surface area (Å²) in [6.45, 7) is 5.11. The summed E-state index contributed by atoms with van der Waals surface area (Å²) in [5, 5.41) is 4.13. The van der Waals surface area contributed by atoms with Gasteiger partial charge < -0.3 is 4.74 Å². The fourth-order valence-electron chi connectivity index (χ4n) is 1.93. The predicted octanol–water partition coefficient (Wildman–Crippen LogP) is 2.86. The van der Waals surface area contributed by atoms with E-state index in [0.29, 0.717) is 12.2 Å². The van der Waals surface area contributed by atoms with Crippen LogP contribution in [0.25, 0.3) is 0 Å². The van der Waals surface area contributed by atoms with Crippen molar-refractivity contribution in [1.82, 2.24) is 9.78 Å². The van der Waals surface area contributed by atoms with Crippen LogP contribution in [0, 0.1) is 0 Å². The lowest BCUT2D eigenvalue weighted by atomic mass is 10.0. The first-order chi connectivity index (χ1) is 9.26. The van der Waals surface area contributed by atoms with Crippen LogP contribution in [0.1, 0.15) is 35.9 Å². The number of carbonyl (C=O) groups is 1. The van der Waals surface area contributed by atoms with Gasteiger partial charge >= 0.3 is 0 Å². The Morgan fingerprint density at radius 1 is 1.32 bits per heavy atom. The third-order valence-electron chi connectivity index (χ3n) is 2.92. The zero-order valence-electron chi connectivity index (χ0n) is 11.2. The maximum atomic E-state index is 12.5. The van der Waals surface area contributed by atoms with Crippen molar-refractivity contribution >= 4 is 5.78 Å². The maximum Gasteiger partial charge on any atom is 0.199 e. The second-order valence-electron chi connectivity index (χ2n) is 4.20. The first kappa shape index (κ1) is 13.5. The normalized spacial score (nSPS) is 12.3. The van der Waals surface area contributed by atoms with Gasteiger partial charge in [0.1, 0.15) is 6.10 Å². The highest BCUT2D eigenvalue weighted by Gasteiger charge is 2.23. The molecule has 0 aliphatic heterocycles. The molecule has 0 aliphatic rings. The lowest BCUT2D eigenvalue weighted by Gasteiger charge is -2.15. The monoisotopic (exact) mass is 258 g/mol. The second-order valence-corrected chi connectivity index (χ2v) is 4.20. The van der Waals surface area contributed by atoms with E-state index in [4.69, 9.17) is 4.74 Å². The fourth-order valence-corrected chi connectivity index (χ4v) is 1.93. The minimum atomic E-state index is -0.555. The average molecular weight is 258 g/mol. The smallest absolute Gasteiger partial charge is 0.199 e. The van der Waals surface area contributed by atoms with Gasteiger partial charge in [0, 0.05) is 19.3 Å². The molecule has 0 radical (unpaired) electrons. The molecule has 100 valence electrons. The van der Waals surface area contributed by atoms with Gasteiger partial charge in [-0.2, -0.15) is 5.10 Å². The summed E-state index contributed by atoms with van der Waals surface area (Å²) in [6.07, 6.45) is 2.80. The van der Waals surface area contributed by atoms with Gasteiger partial charge in [-0.3, -0.25) is 9.48 Å². The summed E-state index contributed by atoms with van der Waals surface area (Å²) in [7, 11) is 0. The summed E-state index contributed by atoms with van der Waals surface area (Å²) in [4.78, 5) is 12.5. The molecule has 2 rings (SSSR count). The summed E-state index contributed by atoms with van der Waals surface area (Å²) < 4.78 is 7.34. The van der Waals surface area contributed by atoms with Crippen LogP contribution in [-0.4, -0.2) is 22.2 Å². The molecular formula is C15H18N2O2. The van der Waals surface area contributed by atoms with Crippen LogP contribution in [-0.2, 0) is 11.3 Å². The van der Waals surface area contributed by atoms with E-state index in [0.717, 1.165) is 12.1 Å². The summed E-state index contributed by atoms with van der Waals surface area (Å²) in [6, 6.07) is 9.55. The van der Waals surface area contributed by atoms with Gasteiger partial charge in [0.05, 0.1) is 11.8 Å². The number of ketones is 1. The van der Waals surface area contributed by atoms with Crippen molar-refractivity contribution in [2.24, 2.45) is 0 Å². The SMILES string of the molecule is CCOC(C(=O)c1cnn(CC)c1)c1ccccc1. The molecule has 1 unspecified atom stereocenters. The number of benzene rings is 1. The Bertz CT molecular complexity index is 534. The Balaban J connectivity index is 2.26. The molecule has 0 bridgehead atoms. The van der Waals surface area contributed by atoms with Gasteiger partial charge in [-0.05, 0) is 19.4 Å². The van der Waals surface area contributed by atoms with Crippen LogP contribution >= 0.6 is 0 Å². The molecule has 0 saturated heterocycles. The minimum Gasteiger partial charge on any atom is -0.366 e. The van der Waals surface area contributed by atoms with Crippen molar-refractivity contribution in [2.45, 2.75) is 26.5 Å². The van der Waals surface area contributed by atoms with E-state index >= 15 is 0 Å². The zero-order chi connectivity index (χ0) is 13.7. The third kappa shape index (κ3) is 3.09. The summed E-state index contributed by atoms with van der Waals surface area (Å²) in [5.74, 6) is -0.0484. The molecule has 0 N–H and O–H groups in total. The van der Waals surface area contributed by atoms with Gasteiger partial charge in [-0.15, -0.1) is 0 Å². The van der Waals surface area contributed by atoms with Crippen LogP contribution in [0.2, 0.25) is 0 Å². The number of hydrogen-bond donors (Lipinski definition) is 0. The van der Waals surface area contributed by atoms with Crippen molar-refractivity contribution in [2.75, 3.05) is 6.61 Å². The molecule has 1 aromatic carbocycles. The third-order valence-corrected chi connectivity index (χ3v) is 2.92. The number of carbonyl (C=O) groups excluding carboxylic acids is 1. The topological polar surface area (TPSA) is 44.1 Å². The van der Waals surface area contributed by atoms with Crippen molar-refractivity contribution in [3.05, 3.63) is 53.9 Å². The van der Waals surface area contributed by atoms with E-state index in [-0.39, 0.29) is 5.78 Å². The molecule has 1 atom stereocenters. The number of aryl methyl sites for hydroxylation is 1. The number of aromatic nitrogens is 2. The summed E-state index contributed by atoms with van der Waals surface area (Å²) >= 11 is 0. The molecular weight excluding hydrogens is 240 g/mol. The van der Waals surface area contributed by atoms with Crippen LogP contribution < -0.4 is 0 Å². The van der Waals surface area contributed by atoms with E-state index < -0.39 is 6.10 Å². The highest BCUT2D eigenvalue weighted by atomic mass is 16.5. The number of rotatable bonds is 6. The van der Waals surface area contributed by atoms with Crippen LogP contribution in [0.15, 0.2) is 42.7 Å². The molecule has 1 aromatic heterocycles. The summed E-state index contributed by atoms with van der Waals surface area (Å²) in [5.41, 5.74) is 1.46. The van der Waals surface area contributed by atoms with Gasteiger partial charge in [0.15, 0.2) is 5.78 Å². The second kappa shape index (κ2) is 6.29. The molecule has 0 amide bonds. The van der Waals surface area contributed by atoms with Crippen LogP contribution in [0.5, 0.6) is 0 Å². The number of Topliss-reactive ketones (excluding diaryl/α,β-unsaturated/α-hetero) is 1. The lowest BCUT2D eigenvalue weighted by Crippen LogP contribution is -2.16. The predicted molar refractivity (Wildman–Crippen MR) is 73.0 cm³/mol. The fraction of sp³-hybridized carbons (Fsp3) is 0.333. The Morgan fingerprint density at radius 2 is 2.05 bits per heavy atom. The highest BCUT2D eigenvalue weighted by Crippen LogP contribution is 2.22. The number of nitrogens with zero attached hydrogens (tertiary/aromatic N) is 2. The van der Waals surface area contributed by atoms with Gasteiger partial charge in [-0.25, -0.2) is 0 Å². The number of ether oxygens (including phenoxy) is 1. The molecule has 0 fully saturated rings. The standard InChI is InChI=1S/C15H18N2O2/c1-3-17-11-13(10-16-17)14(18)15(19-4-2)12-8-6-5-7-9-12/h5-11,15H,3-4H2,1-2H3. The Morgan fingerprint density at radius 3 is 2.63 bits per heavy atom. The molecule has 19 heavy (non-hydrogen) atoms. The Hall–Kier alpha value is -1.94. The Labute approximate surface area is 113 Å². The van der Waals surface area contributed by atoms with E-state index in [1.54, 1.807) is 17.1 Å². The molecule has 1 heterocycles. The van der Waals surface area contributed by atoms with Gasteiger partial charge in [-0.1, -0.05) is 30.3 Å². The molecule has 4 heteroatoms. The van der Waals surface area contributed by atoms with Crippen molar-refractivity contribution < 1.29 is 9.53 Å². The lowest BCUT2D eigenvalue weighted by molar-refractivity contribution is 0.0452. The quantitative estimate of drug-likeness (QED) is 0.748. The van der Waals surface area contributed by atoms with Crippen molar-refractivity contribution in [3.63, 3.8) is 0 Å². The van der Waals surface area contributed by atoms with Gasteiger partial charge in [0.25, 0.3) is 0 Å². The van der Waals surface area contributed by atoms with Crippen LogP contribution in [0.4, 0.5) is 0 Å². The van der Waals surface area contributed by atoms with E-state index in [2.05, 4.69) is 5.10 Å². The van der Waals surface area contributed by atoms with E-state index in [9.17, 15) is 4.79 Å². The molecule has 0 aliphatic carbocycles. The van der Waals surface area contributed by atoms with E-state index in [1.807, 2.05) is 44.2 Å². The van der Waals surface area contributed by atoms with E-state index in [1.165, 1.54) is 0 Å². The van der Waals surface area contributed by atoms with Gasteiger partial charge in [0.2, 0.25) is 0 Å². The van der Waals surface area contributed by atoms with Crippen LogP contribution in [0.3, 0.4) is 0 Å². The largest absolute Gasteiger partial charge is 0.366 e. The molecule has 0 spiro atoms. The minimum absolute atomic E-state index is 0.0484. The molecule has 4 nitrogen and oxygen atoms in total.